The summed E-state index contributed by atoms with van der Waals surface area (Å²) in [6.45, 7) is 9.37. The molecule has 0 amide bonds. The molecule has 0 saturated carbocycles. The summed E-state index contributed by atoms with van der Waals surface area (Å²) in [4.78, 5) is 2.67. The third-order valence-electron chi connectivity index (χ3n) is 4.08. The molecule has 23 heavy (non-hydrogen) atoms. The highest BCUT2D eigenvalue weighted by atomic mass is 32.2. The second-order valence-electron chi connectivity index (χ2n) is 6.27. The normalized spacial score (nSPS) is 23.1. The lowest BCUT2D eigenvalue weighted by Crippen LogP contribution is -2.46. The average molecular weight is 340 g/mol. The number of ether oxygens (including phenoxy) is 1. The van der Waals surface area contributed by atoms with E-state index in [1.807, 2.05) is 12.1 Å². The first-order valence-electron chi connectivity index (χ1n) is 8.37. The maximum absolute atomic E-state index is 12.2. The van der Waals surface area contributed by atoms with Crippen LogP contribution in [-0.2, 0) is 21.2 Å². The summed E-state index contributed by atoms with van der Waals surface area (Å²) in [6, 6.07) is 7.08. The van der Waals surface area contributed by atoms with Crippen LogP contribution >= 0.6 is 0 Å². The molecule has 1 aliphatic rings. The van der Waals surface area contributed by atoms with Crippen LogP contribution in [0.5, 0.6) is 0 Å². The Balaban J connectivity index is 1.78. The molecule has 0 bridgehead atoms. The van der Waals surface area contributed by atoms with Gasteiger partial charge in [-0.15, -0.1) is 0 Å². The summed E-state index contributed by atoms with van der Waals surface area (Å²) >= 11 is 0. The van der Waals surface area contributed by atoms with Crippen molar-refractivity contribution in [3.63, 3.8) is 0 Å². The van der Waals surface area contributed by atoms with Gasteiger partial charge in [-0.05, 0) is 50.9 Å². The Morgan fingerprint density at radius 1 is 1.17 bits per heavy atom. The van der Waals surface area contributed by atoms with Crippen LogP contribution in [0.2, 0.25) is 0 Å². The van der Waals surface area contributed by atoms with Crippen molar-refractivity contribution in [1.82, 2.24) is 9.62 Å². The van der Waals surface area contributed by atoms with Crippen molar-refractivity contribution >= 4 is 10.0 Å². The molecule has 1 aromatic rings. The van der Waals surface area contributed by atoms with E-state index in [0.717, 1.165) is 38.0 Å². The first-order valence-corrected chi connectivity index (χ1v) is 9.85. The second kappa shape index (κ2) is 8.24. The largest absolute Gasteiger partial charge is 0.373 e. The highest BCUT2D eigenvalue weighted by molar-refractivity contribution is 7.89. The fourth-order valence-corrected chi connectivity index (χ4v) is 4.04. The van der Waals surface area contributed by atoms with Crippen LogP contribution in [0.15, 0.2) is 29.2 Å². The van der Waals surface area contributed by atoms with E-state index in [1.165, 1.54) is 0 Å². The minimum atomic E-state index is -3.40. The molecular weight excluding hydrogens is 312 g/mol. The number of nitrogens with zero attached hydrogens (tertiary/aromatic N) is 1. The Morgan fingerprint density at radius 2 is 1.78 bits per heavy atom. The number of sulfonamides is 1. The number of morpholine rings is 1. The van der Waals surface area contributed by atoms with Gasteiger partial charge in [0.15, 0.2) is 0 Å². The van der Waals surface area contributed by atoms with E-state index in [1.54, 1.807) is 12.1 Å². The van der Waals surface area contributed by atoms with Crippen molar-refractivity contribution in [2.45, 2.75) is 50.7 Å². The van der Waals surface area contributed by atoms with Crippen LogP contribution < -0.4 is 4.72 Å². The molecule has 2 unspecified atom stereocenters. The quantitative estimate of drug-likeness (QED) is 0.772. The van der Waals surface area contributed by atoms with Gasteiger partial charge < -0.3 is 4.74 Å². The lowest BCUT2D eigenvalue weighted by molar-refractivity contribution is -0.0679. The van der Waals surface area contributed by atoms with E-state index in [2.05, 4.69) is 30.4 Å². The summed E-state index contributed by atoms with van der Waals surface area (Å²) in [7, 11) is -3.40. The van der Waals surface area contributed by atoms with E-state index in [4.69, 9.17) is 4.74 Å². The number of rotatable bonds is 7. The second-order valence-corrected chi connectivity index (χ2v) is 8.03. The van der Waals surface area contributed by atoms with Crippen molar-refractivity contribution in [2.75, 3.05) is 26.2 Å². The molecule has 2 rings (SSSR count). The summed E-state index contributed by atoms with van der Waals surface area (Å²) in [5.74, 6) is 0. The Morgan fingerprint density at radius 3 is 2.35 bits per heavy atom. The molecule has 0 aliphatic carbocycles. The van der Waals surface area contributed by atoms with E-state index < -0.39 is 10.0 Å². The predicted octanol–water partition coefficient (Wildman–Crippen LogP) is 2.03. The number of hydrogen-bond donors (Lipinski definition) is 1. The summed E-state index contributed by atoms with van der Waals surface area (Å²) in [5.41, 5.74) is 1.14. The molecule has 1 aliphatic heterocycles. The van der Waals surface area contributed by atoms with Crippen molar-refractivity contribution in [1.29, 1.82) is 0 Å². The predicted molar refractivity (Wildman–Crippen MR) is 92.1 cm³/mol. The van der Waals surface area contributed by atoms with Crippen molar-refractivity contribution in [3.8, 4) is 0 Å². The third-order valence-corrected chi connectivity index (χ3v) is 5.56. The highest BCUT2D eigenvalue weighted by Crippen LogP contribution is 2.12. The fourth-order valence-electron chi connectivity index (χ4n) is 2.96. The van der Waals surface area contributed by atoms with Gasteiger partial charge >= 0.3 is 0 Å². The number of benzene rings is 1. The van der Waals surface area contributed by atoms with Gasteiger partial charge in [-0.25, -0.2) is 13.1 Å². The lowest BCUT2D eigenvalue weighted by Gasteiger charge is -2.35. The van der Waals surface area contributed by atoms with Gasteiger partial charge in [-0.3, -0.25) is 4.90 Å². The zero-order valence-corrected chi connectivity index (χ0v) is 15.1. The van der Waals surface area contributed by atoms with E-state index in [0.29, 0.717) is 11.4 Å². The van der Waals surface area contributed by atoms with E-state index in [9.17, 15) is 8.42 Å². The minimum absolute atomic E-state index is 0.243. The van der Waals surface area contributed by atoms with Gasteiger partial charge in [-0.1, -0.05) is 19.1 Å². The smallest absolute Gasteiger partial charge is 0.240 e. The van der Waals surface area contributed by atoms with Crippen LogP contribution in [0.3, 0.4) is 0 Å². The molecule has 1 aromatic carbocycles. The molecule has 1 heterocycles. The topological polar surface area (TPSA) is 58.6 Å². The molecule has 1 saturated heterocycles. The maximum atomic E-state index is 12.2. The molecule has 5 nitrogen and oxygen atoms in total. The van der Waals surface area contributed by atoms with Gasteiger partial charge in [0.1, 0.15) is 0 Å². The number of hydrogen-bond acceptors (Lipinski definition) is 4. The zero-order chi connectivity index (χ0) is 16.9. The van der Waals surface area contributed by atoms with Crippen LogP contribution in [0.4, 0.5) is 0 Å². The molecule has 0 aromatic heterocycles. The standard InChI is InChI=1S/C17H28N2O3S/c1-4-16-6-8-17(9-7-16)23(20,21)18-10-5-11-19-12-14(2)22-15(3)13-19/h6-9,14-15,18H,4-5,10-13H2,1-3H3. The first-order chi connectivity index (χ1) is 10.9. The third kappa shape index (κ3) is 5.57. The van der Waals surface area contributed by atoms with E-state index in [-0.39, 0.29) is 12.2 Å². The summed E-state index contributed by atoms with van der Waals surface area (Å²) < 4.78 is 32.9. The molecule has 1 fully saturated rings. The number of nitrogens with one attached hydrogen (secondary N) is 1. The Kier molecular flexibility index (Phi) is 6.59. The first kappa shape index (κ1) is 18.4. The van der Waals surface area contributed by atoms with Crippen LogP contribution in [0, 0.1) is 0 Å². The highest BCUT2D eigenvalue weighted by Gasteiger charge is 2.21. The van der Waals surface area contributed by atoms with Gasteiger partial charge in [-0.2, -0.15) is 0 Å². The van der Waals surface area contributed by atoms with Crippen LogP contribution in [-0.4, -0.2) is 51.7 Å². The van der Waals surface area contributed by atoms with Crippen molar-refractivity contribution in [2.24, 2.45) is 0 Å². The molecule has 1 N–H and O–H groups in total. The zero-order valence-electron chi connectivity index (χ0n) is 14.3. The van der Waals surface area contributed by atoms with Crippen LogP contribution in [0.1, 0.15) is 32.8 Å². The minimum Gasteiger partial charge on any atom is -0.373 e. The molecule has 0 spiro atoms. The van der Waals surface area contributed by atoms with Gasteiger partial charge in [0, 0.05) is 19.6 Å². The monoisotopic (exact) mass is 340 g/mol. The SMILES string of the molecule is CCc1ccc(S(=O)(=O)NCCCN2CC(C)OC(C)C2)cc1. The molecule has 130 valence electrons. The van der Waals surface area contributed by atoms with Gasteiger partial charge in [0.05, 0.1) is 17.1 Å². The number of aryl methyl sites for hydroxylation is 1. The van der Waals surface area contributed by atoms with Gasteiger partial charge in [0.25, 0.3) is 0 Å². The Labute approximate surface area is 140 Å². The van der Waals surface area contributed by atoms with E-state index >= 15 is 0 Å². The fraction of sp³-hybridized carbons (Fsp3) is 0.647. The molecule has 0 radical (unpaired) electrons. The Hall–Kier alpha value is -0.950. The lowest BCUT2D eigenvalue weighted by atomic mass is 10.2. The summed E-state index contributed by atoms with van der Waals surface area (Å²) in [5, 5.41) is 0. The average Bonchev–Trinajstić information content (AvgIpc) is 2.51. The molecule has 2 atom stereocenters. The molecule has 6 heteroatoms. The van der Waals surface area contributed by atoms with Crippen LogP contribution in [0.25, 0.3) is 0 Å². The summed E-state index contributed by atoms with van der Waals surface area (Å²) in [6.07, 6.45) is 2.19. The molecular formula is C17H28N2O3S. The van der Waals surface area contributed by atoms with Gasteiger partial charge in [0.2, 0.25) is 10.0 Å². The van der Waals surface area contributed by atoms with Crippen molar-refractivity contribution in [3.05, 3.63) is 29.8 Å². The van der Waals surface area contributed by atoms with Crippen molar-refractivity contribution < 1.29 is 13.2 Å². The Bertz CT molecular complexity index is 576. The maximum Gasteiger partial charge on any atom is 0.240 e.